The van der Waals surface area contributed by atoms with Crippen molar-refractivity contribution in [1.82, 2.24) is 0 Å². The van der Waals surface area contributed by atoms with E-state index in [2.05, 4.69) is 0 Å². The third-order valence-electron chi connectivity index (χ3n) is 0. The van der Waals surface area contributed by atoms with E-state index in [1.54, 1.807) is 0 Å². The van der Waals surface area contributed by atoms with Gasteiger partial charge in [-0.2, -0.15) is 0 Å². The van der Waals surface area contributed by atoms with Crippen LogP contribution < -0.4 is 71.6 Å². The van der Waals surface area contributed by atoms with Crippen LogP contribution in [0.5, 0.6) is 0 Å². The third-order valence-corrected chi connectivity index (χ3v) is 0. The van der Waals surface area contributed by atoms with Gasteiger partial charge in [-0.3, -0.25) is 0 Å². The zero-order chi connectivity index (χ0) is 8.12. The molecule has 14 heavy (non-hydrogen) atoms. The van der Waals surface area contributed by atoms with Crippen molar-refractivity contribution in [3.63, 3.8) is 0 Å². The van der Waals surface area contributed by atoms with Crippen LogP contribution in [-0.4, -0.2) is 74.8 Å². The second-order valence-electron chi connectivity index (χ2n) is 0.289. The molecule has 0 fully saturated rings. The fraction of sp³-hybridized carbons (Fsp3) is 0. The molecular weight excluding hydrogens is 282 g/mol. The predicted octanol–water partition coefficient (Wildman–Crippen LogP) is -11.8. The molecule has 0 radical (unpaired) electrons. The summed E-state index contributed by atoms with van der Waals surface area (Å²) in [5, 5.41) is 0. The molecule has 0 aliphatic carbocycles. The van der Waals surface area contributed by atoms with E-state index in [9.17, 15) is 0 Å². The van der Waals surface area contributed by atoms with Crippen LogP contribution in [0.4, 0.5) is 0 Å². The first-order valence-corrected chi connectivity index (χ1v) is 4.24. The monoisotopic (exact) mass is 284 g/mol. The van der Waals surface area contributed by atoms with Crippen molar-refractivity contribution in [2.75, 3.05) is 0 Å². The zero-order valence-electron chi connectivity index (χ0n) is 7.65. The van der Waals surface area contributed by atoms with Crippen molar-refractivity contribution < 1.29 is 94.0 Å². The average molecular weight is 284 g/mol. The van der Waals surface area contributed by atoms with Crippen molar-refractivity contribution >= 4 is 63.8 Å². The quantitative estimate of drug-likeness (QED) is 0.393. The maximum absolute atomic E-state index is 8.46. The normalized spacial score (nSPS) is 1.71. The van der Waals surface area contributed by atoms with Crippen molar-refractivity contribution in [2.24, 2.45) is 0 Å². The molecule has 0 heterocycles. The first-order valence-electron chi connectivity index (χ1n) is 1.41. The molecule has 0 rings (SSSR count). The minimum atomic E-state index is -1.75. The number of hydrogen-bond acceptors (Lipinski definition) is 8. The zero-order valence-corrected chi connectivity index (χ0v) is 16.3. The summed E-state index contributed by atoms with van der Waals surface area (Å²) in [5.74, 6) is 0. The Balaban J connectivity index is -0.00000000545. The summed E-state index contributed by atoms with van der Waals surface area (Å²) in [5.41, 5.74) is 0. The van der Waals surface area contributed by atoms with E-state index < -0.39 is 46.5 Å². The van der Waals surface area contributed by atoms with Crippen molar-refractivity contribution in [3.05, 3.63) is 0 Å². The summed E-state index contributed by atoms with van der Waals surface area (Å²) in [6, 6.07) is 0. The Morgan fingerprint density at radius 2 is 0.643 bits per heavy atom. The number of hydrogen-bond donors (Lipinski definition) is 0. The maximum atomic E-state index is 8.46. The molecule has 0 aliphatic heterocycles. The second-order valence-corrected chi connectivity index (χ2v) is 0.866. The van der Waals surface area contributed by atoms with E-state index in [0.29, 0.717) is 0 Å². The summed E-state index contributed by atoms with van der Waals surface area (Å²) in [4.78, 5) is 0. The molecular formula is H2Al4Na2O8. The van der Waals surface area contributed by atoms with Gasteiger partial charge in [0.15, 0.2) is 0 Å². The molecule has 0 aliphatic rings. The van der Waals surface area contributed by atoms with Crippen LogP contribution >= 0.6 is 0 Å². The summed E-state index contributed by atoms with van der Waals surface area (Å²) < 4.78 is 50.8. The van der Waals surface area contributed by atoms with Crippen LogP contribution in [0.1, 0.15) is 0 Å². The van der Waals surface area contributed by atoms with Crippen LogP contribution in [0, 0.1) is 0 Å². The van der Waals surface area contributed by atoms with Crippen LogP contribution in [-0.2, 0) is 11.4 Å². The van der Waals surface area contributed by atoms with Gasteiger partial charge in [-0.1, -0.05) is 0 Å². The SMILES string of the molecule is [Al+3].[Na+].[Na+].[OH-].[OH-].[O]=[Al][O-].[O]=[Al][O-].[O]=[Al][O-]. The van der Waals surface area contributed by atoms with Gasteiger partial charge in [0.25, 0.3) is 0 Å². The second kappa shape index (κ2) is 102. The van der Waals surface area contributed by atoms with Gasteiger partial charge in [-0.15, -0.1) is 0 Å². The first kappa shape index (κ1) is 54.0. The van der Waals surface area contributed by atoms with Gasteiger partial charge in [0, 0.05) is 0 Å². The Kier molecular flexibility index (Phi) is 394. The Labute approximate surface area is 155 Å². The van der Waals surface area contributed by atoms with E-state index in [1.165, 1.54) is 0 Å². The van der Waals surface area contributed by atoms with Gasteiger partial charge in [-0.25, -0.2) is 0 Å². The molecule has 2 N–H and O–H groups in total. The van der Waals surface area contributed by atoms with E-state index in [0.717, 1.165) is 0 Å². The molecule has 14 heteroatoms. The average Bonchev–Trinajstić information content (AvgIpc) is 1.70. The van der Waals surface area contributed by atoms with Crippen molar-refractivity contribution in [2.45, 2.75) is 0 Å². The molecule has 0 atom stereocenters. The first-order chi connectivity index (χ1) is 4.24. The molecule has 0 aromatic carbocycles. The molecule has 0 bridgehead atoms. The fourth-order valence-corrected chi connectivity index (χ4v) is 0. The van der Waals surface area contributed by atoms with E-state index >= 15 is 0 Å². The summed E-state index contributed by atoms with van der Waals surface area (Å²) in [7, 11) is 0. The predicted molar refractivity (Wildman–Crippen MR) is 28.9 cm³/mol. The van der Waals surface area contributed by atoms with E-state index in [1.807, 2.05) is 0 Å². The Bertz CT molecular complexity index is 56.1. The van der Waals surface area contributed by atoms with E-state index in [-0.39, 0.29) is 87.4 Å². The fourth-order valence-electron chi connectivity index (χ4n) is 0. The summed E-state index contributed by atoms with van der Waals surface area (Å²) in [6.07, 6.45) is 0. The van der Waals surface area contributed by atoms with Crippen LogP contribution in [0.15, 0.2) is 0 Å². The van der Waals surface area contributed by atoms with Gasteiger partial charge in [0.1, 0.15) is 0 Å². The van der Waals surface area contributed by atoms with Gasteiger partial charge in [0.2, 0.25) is 0 Å². The molecule has 8 nitrogen and oxygen atoms in total. The van der Waals surface area contributed by atoms with Crippen LogP contribution in [0.2, 0.25) is 0 Å². The molecule has 0 unspecified atom stereocenters. The Morgan fingerprint density at radius 3 is 0.643 bits per heavy atom. The third kappa shape index (κ3) is 351. The van der Waals surface area contributed by atoms with Gasteiger partial charge in [-0.05, 0) is 0 Å². The van der Waals surface area contributed by atoms with Crippen molar-refractivity contribution in [1.29, 1.82) is 0 Å². The molecule has 0 saturated heterocycles. The van der Waals surface area contributed by atoms with Gasteiger partial charge < -0.3 is 11.0 Å². The topological polar surface area (TPSA) is 180 Å². The molecule has 0 aromatic rings. The van der Waals surface area contributed by atoms with Crippen molar-refractivity contribution in [3.8, 4) is 0 Å². The summed E-state index contributed by atoms with van der Waals surface area (Å²) >= 11 is -5.25. The molecule has 64 valence electrons. The molecule has 0 aromatic heterocycles. The van der Waals surface area contributed by atoms with Crippen LogP contribution in [0.25, 0.3) is 0 Å². The van der Waals surface area contributed by atoms with E-state index in [4.69, 9.17) is 23.9 Å². The summed E-state index contributed by atoms with van der Waals surface area (Å²) in [6.45, 7) is 0. The molecule has 0 amide bonds. The Morgan fingerprint density at radius 1 is 0.643 bits per heavy atom. The molecule has 0 spiro atoms. The van der Waals surface area contributed by atoms with Crippen LogP contribution in [0.3, 0.4) is 0 Å². The number of rotatable bonds is 0. The van der Waals surface area contributed by atoms with Gasteiger partial charge in [0.05, 0.1) is 0 Å². The standard InChI is InChI=1S/4Al.2Na.2H2O.6O/h;;;;;;2*1H2;;;;;;/q;;;+3;2*+1;;;;;;3*-1/p-2. The molecule has 0 saturated carbocycles. The Hall–Kier alpha value is 2.85. The minimum absolute atomic E-state index is 0. The van der Waals surface area contributed by atoms with Gasteiger partial charge >= 0.3 is 147 Å².